The summed E-state index contributed by atoms with van der Waals surface area (Å²) in [5, 5.41) is 12.4. The van der Waals surface area contributed by atoms with Crippen molar-refractivity contribution in [2.45, 2.75) is 45.6 Å². The lowest BCUT2D eigenvalue weighted by molar-refractivity contribution is 0.173. The molecular formula is C12H27NOS. The predicted octanol–water partition coefficient (Wildman–Crippen LogP) is 2.52. The second-order valence-corrected chi connectivity index (χ2v) is 6.09. The molecule has 3 heteroatoms. The Kier molecular flexibility index (Phi) is 8.58. The monoisotopic (exact) mass is 233 g/mol. The number of aliphatic hydroxyl groups is 1. The topological polar surface area (TPSA) is 32.3 Å². The maximum atomic E-state index is 9.19. The smallest absolute Gasteiger partial charge is 0.0610 e. The molecule has 0 radical (unpaired) electrons. The molecule has 0 aromatic heterocycles. The van der Waals surface area contributed by atoms with Crippen molar-refractivity contribution < 1.29 is 5.11 Å². The first-order chi connectivity index (χ1) is 7.04. The van der Waals surface area contributed by atoms with Crippen LogP contribution in [0.3, 0.4) is 0 Å². The van der Waals surface area contributed by atoms with Crippen LogP contribution in [0.4, 0.5) is 0 Å². The van der Waals surface area contributed by atoms with Crippen molar-refractivity contribution in [3.05, 3.63) is 0 Å². The maximum Gasteiger partial charge on any atom is 0.0610 e. The van der Waals surface area contributed by atoms with Crippen molar-refractivity contribution in [1.29, 1.82) is 0 Å². The SMILES string of the molecule is CNC(C)(CO)CCCSCCC(C)C. The zero-order valence-electron chi connectivity index (χ0n) is 10.7. The molecule has 0 amide bonds. The molecule has 0 aliphatic rings. The average molecular weight is 233 g/mol. The largest absolute Gasteiger partial charge is 0.394 e. The van der Waals surface area contributed by atoms with Gasteiger partial charge in [-0.15, -0.1) is 0 Å². The number of thioether (sulfide) groups is 1. The Morgan fingerprint density at radius 1 is 1.33 bits per heavy atom. The second-order valence-electron chi connectivity index (χ2n) is 4.87. The molecule has 2 N–H and O–H groups in total. The van der Waals surface area contributed by atoms with E-state index in [2.05, 4.69) is 26.1 Å². The molecule has 0 aromatic carbocycles. The Bertz CT molecular complexity index is 147. The molecule has 0 rings (SSSR count). The van der Waals surface area contributed by atoms with Gasteiger partial charge in [0.2, 0.25) is 0 Å². The minimum Gasteiger partial charge on any atom is -0.394 e. The van der Waals surface area contributed by atoms with Gasteiger partial charge < -0.3 is 10.4 Å². The Morgan fingerprint density at radius 3 is 2.47 bits per heavy atom. The second kappa shape index (κ2) is 8.43. The molecule has 0 bridgehead atoms. The average Bonchev–Trinajstić information content (AvgIpc) is 2.22. The van der Waals surface area contributed by atoms with Gasteiger partial charge in [-0.1, -0.05) is 13.8 Å². The van der Waals surface area contributed by atoms with Crippen molar-refractivity contribution in [2.75, 3.05) is 25.2 Å². The van der Waals surface area contributed by atoms with Gasteiger partial charge >= 0.3 is 0 Å². The molecule has 0 heterocycles. The van der Waals surface area contributed by atoms with Gasteiger partial charge in [-0.25, -0.2) is 0 Å². The molecule has 15 heavy (non-hydrogen) atoms. The number of hydrogen-bond donors (Lipinski definition) is 2. The van der Waals surface area contributed by atoms with Crippen molar-refractivity contribution >= 4 is 11.8 Å². The zero-order valence-corrected chi connectivity index (χ0v) is 11.5. The fourth-order valence-corrected chi connectivity index (χ4v) is 2.46. The normalized spacial score (nSPS) is 15.6. The van der Waals surface area contributed by atoms with Gasteiger partial charge in [-0.2, -0.15) is 11.8 Å². The van der Waals surface area contributed by atoms with E-state index in [1.54, 1.807) is 0 Å². The van der Waals surface area contributed by atoms with Crippen LogP contribution in [0.25, 0.3) is 0 Å². The number of hydrogen-bond acceptors (Lipinski definition) is 3. The lowest BCUT2D eigenvalue weighted by Gasteiger charge is -2.26. The van der Waals surface area contributed by atoms with Crippen LogP contribution in [0.1, 0.15) is 40.0 Å². The molecule has 1 atom stereocenters. The molecule has 0 spiro atoms. The molecule has 92 valence electrons. The van der Waals surface area contributed by atoms with Crippen LogP contribution >= 0.6 is 11.8 Å². The van der Waals surface area contributed by atoms with Gasteiger partial charge in [0, 0.05) is 5.54 Å². The number of likely N-dealkylation sites (N-methyl/N-ethyl adjacent to an activating group) is 1. The lowest BCUT2D eigenvalue weighted by Crippen LogP contribution is -2.43. The summed E-state index contributed by atoms with van der Waals surface area (Å²) in [6.07, 6.45) is 3.54. The Morgan fingerprint density at radius 2 is 2.00 bits per heavy atom. The van der Waals surface area contributed by atoms with E-state index >= 15 is 0 Å². The van der Waals surface area contributed by atoms with Crippen LogP contribution < -0.4 is 5.32 Å². The highest BCUT2D eigenvalue weighted by atomic mass is 32.2. The summed E-state index contributed by atoms with van der Waals surface area (Å²) in [6, 6.07) is 0. The van der Waals surface area contributed by atoms with Crippen LogP contribution in [0.2, 0.25) is 0 Å². The van der Waals surface area contributed by atoms with E-state index in [1.807, 2.05) is 18.8 Å². The summed E-state index contributed by atoms with van der Waals surface area (Å²) < 4.78 is 0. The Hall–Kier alpha value is 0.270. The number of nitrogens with one attached hydrogen (secondary N) is 1. The number of aliphatic hydroxyl groups excluding tert-OH is 1. The molecule has 2 nitrogen and oxygen atoms in total. The zero-order chi connectivity index (χ0) is 11.7. The van der Waals surface area contributed by atoms with E-state index < -0.39 is 0 Å². The van der Waals surface area contributed by atoms with Crippen molar-refractivity contribution in [3.8, 4) is 0 Å². The van der Waals surface area contributed by atoms with E-state index in [9.17, 15) is 5.11 Å². The van der Waals surface area contributed by atoms with E-state index in [1.165, 1.54) is 24.3 Å². The van der Waals surface area contributed by atoms with Gasteiger partial charge in [0.15, 0.2) is 0 Å². The van der Waals surface area contributed by atoms with Crippen molar-refractivity contribution in [1.82, 2.24) is 5.32 Å². The quantitative estimate of drug-likeness (QED) is 0.600. The van der Waals surface area contributed by atoms with Crippen molar-refractivity contribution in [2.24, 2.45) is 5.92 Å². The molecule has 1 unspecified atom stereocenters. The fraction of sp³-hybridized carbons (Fsp3) is 1.00. The van der Waals surface area contributed by atoms with E-state index in [4.69, 9.17) is 0 Å². The third-order valence-corrected chi connectivity index (χ3v) is 3.91. The van der Waals surface area contributed by atoms with Crippen LogP contribution in [-0.4, -0.2) is 35.8 Å². The highest BCUT2D eigenvalue weighted by molar-refractivity contribution is 7.99. The first-order valence-electron chi connectivity index (χ1n) is 5.91. The summed E-state index contributed by atoms with van der Waals surface area (Å²) >= 11 is 2.03. The molecular weight excluding hydrogens is 206 g/mol. The van der Waals surface area contributed by atoms with Gasteiger partial charge in [0.05, 0.1) is 6.61 Å². The van der Waals surface area contributed by atoms with Gasteiger partial charge in [-0.3, -0.25) is 0 Å². The summed E-state index contributed by atoms with van der Waals surface area (Å²) in [4.78, 5) is 0. The lowest BCUT2D eigenvalue weighted by atomic mass is 9.98. The summed E-state index contributed by atoms with van der Waals surface area (Å²) in [7, 11) is 1.92. The molecule has 0 saturated heterocycles. The predicted molar refractivity (Wildman–Crippen MR) is 70.6 cm³/mol. The first kappa shape index (κ1) is 15.3. The molecule has 0 aliphatic carbocycles. The highest BCUT2D eigenvalue weighted by Crippen LogP contribution is 2.15. The Labute approximate surface area is 99.2 Å². The molecule has 0 aliphatic heterocycles. The van der Waals surface area contributed by atoms with Gasteiger partial charge in [0.25, 0.3) is 0 Å². The van der Waals surface area contributed by atoms with Crippen molar-refractivity contribution in [3.63, 3.8) is 0 Å². The standard InChI is InChI=1S/C12H27NOS/c1-11(2)6-9-15-8-5-7-12(3,10-14)13-4/h11,13-14H,5-10H2,1-4H3. The molecule has 0 saturated carbocycles. The fourth-order valence-electron chi connectivity index (χ4n) is 1.27. The van der Waals surface area contributed by atoms with Gasteiger partial charge in [0.1, 0.15) is 0 Å². The first-order valence-corrected chi connectivity index (χ1v) is 7.07. The molecule has 0 aromatic rings. The third kappa shape index (κ3) is 8.12. The minimum atomic E-state index is -0.0847. The van der Waals surface area contributed by atoms with E-state index in [0.717, 1.165) is 12.3 Å². The maximum absolute atomic E-state index is 9.19. The van der Waals surface area contributed by atoms with Crippen LogP contribution in [-0.2, 0) is 0 Å². The molecule has 0 fully saturated rings. The summed E-state index contributed by atoms with van der Waals surface area (Å²) in [5.74, 6) is 3.30. The van der Waals surface area contributed by atoms with E-state index in [-0.39, 0.29) is 12.1 Å². The Balaban J connectivity index is 3.37. The van der Waals surface area contributed by atoms with E-state index in [0.29, 0.717) is 0 Å². The van der Waals surface area contributed by atoms with Crippen LogP contribution in [0.15, 0.2) is 0 Å². The number of rotatable bonds is 9. The summed E-state index contributed by atoms with van der Waals surface area (Å²) in [6.45, 7) is 6.83. The minimum absolute atomic E-state index is 0.0847. The van der Waals surface area contributed by atoms with Crippen LogP contribution in [0.5, 0.6) is 0 Å². The van der Waals surface area contributed by atoms with Crippen LogP contribution in [0, 0.1) is 5.92 Å². The summed E-state index contributed by atoms with van der Waals surface area (Å²) in [5.41, 5.74) is -0.0847. The highest BCUT2D eigenvalue weighted by Gasteiger charge is 2.19. The van der Waals surface area contributed by atoms with Gasteiger partial charge in [-0.05, 0) is 50.7 Å². The third-order valence-electron chi connectivity index (χ3n) is 2.81.